The maximum Gasteiger partial charge on any atom is 0.273 e. The third-order valence-corrected chi connectivity index (χ3v) is 3.65. The molecule has 0 spiro atoms. The van der Waals surface area contributed by atoms with E-state index in [1.165, 1.54) is 0 Å². The summed E-state index contributed by atoms with van der Waals surface area (Å²) < 4.78 is 7.27. The molecule has 2 rings (SSSR count). The normalized spacial score (nSPS) is 16.0. The molecule has 0 aliphatic carbocycles. The molecule has 104 valence electrons. The van der Waals surface area contributed by atoms with E-state index in [2.05, 4.69) is 49.1 Å². The molecule has 1 amide bonds. The maximum absolute atomic E-state index is 11.7. The minimum absolute atomic E-state index is 0.263. The number of rotatable bonds is 4. The molecule has 0 atom stereocenters. The molecule has 1 saturated heterocycles. The second-order valence-corrected chi connectivity index (χ2v) is 6.05. The lowest BCUT2D eigenvalue weighted by Gasteiger charge is -2.11. The van der Waals surface area contributed by atoms with Crippen molar-refractivity contribution in [2.45, 2.75) is 0 Å². The van der Waals surface area contributed by atoms with Crippen LogP contribution in [0.5, 0.6) is 5.75 Å². The van der Waals surface area contributed by atoms with E-state index >= 15 is 0 Å². The van der Waals surface area contributed by atoms with E-state index in [4.69, 9.17) is 17.0 Å². The summed E-state index contributed by atoms with van der Waals surface area (Å²) in [6.45, 7) is 3.99. The molecule has 7 heteroatoms. The van der Waals surface area contributed by atoms with Gasteiger partial charge in [-0.15, -0.1) is 0 Å². The molecule has 1 aromatic carbocycles. The van der Waals surface area contributed by atoms with Crippen LogP contribution in [0.3, 0.4) is 0 Å². The molecule has 0 unspecified atom stereocenters. The molecule has 0 radical (unpaired) electrons. The third-order valence-electron chi connectivity index (χ3n) is 2.40. The summed E-state index contributed by atoms with van der Waals surface area (Å²) in [5.74, 6) is 0.369. The third kappa shape index (κ3) is 3.47. The zero-order valence-electron chi connectivity index (χ0n) is 10.2. The molecular weight excluding hydrogens is 408 g/mol. The van der Waals surface area contributed by atoms with Crippen LogP contribution in [0.2, 0.25) is 0 Å². The van der Waals surface area contributed by atoms with Crippen molar-refractivity contribution in [3.05, 3.63) is 45.0 Å². The molecule has 0 aromatic heterocycles. The molecule has 0 bridgehead atoms. The summed E-state index contributed by atoms with van der Waals surface area (Å²) in [6.07, 6.45) is 3.34. The van der Waals surface area contributed by atoms with Gasteiger partial charge in [-0.25, -0.2) is 0 Å². The summed E-state index contributed by atoms with van der Waals surface area (Å²) in [5.41, 5.74) is 1.12. The lowest BCUT2D eigenvalue weighted by molar-refractivity contribution is -0.115. The number of ether oxygens (including phenoxy) is 1. The smallest absolute Gasteiger partial charge is 0.273 e. The summed E-state index contributed by atoms with van der Waals surface area (Å²) in [5, 5.41) is 5.61. The first-order chi connectivity index (χ1) is 9.51. The van der Waals surface area contributed by atoms with Crippen LogP contribution in [-0.4, -0.2) is 17.6 Å². The van der Waals surface area contributed by atoms with Gasteiger partial charge in [-0.05, 0) is 46.4 Å². The largest absolute Gasteiger partial charge is 0.488 e. The van der Waals surface area contributed by atoms with Gasteiger partial charge < -0.3 is 10.1 Å². The average Bonchev–Trinajstić information content (AvgIpc) is 2.66. The van der Waals surface area contributed by atoms with E-state index in [9.17, 15) is 4.79 Å². The van der Waals surface area contributed by atoms with Crippen molar-refractivity contribution in [2.75, 3.05) is 6.61 Å². The van der Waals surface area contributed by atoms with E-state index in [1.54, 1.807) is 12.2 Å². The number of carbonyl (C=O) groups is 1. The number of benzene rings is 1. The predicted octanol–water partition coefficient (Wildman–Crippen LogP) is 3.12. The fraction of sp³-hybridized carbons (Fsp3) is 0.0769. The molecule has 0 saturated carbocycles. The van der Waals surface area contributed by atoms with Crippen molar-refractivity contribution in [2.24, 2.45) is 0 Å². The first-order valence-corrected chi connectivity index (χ1v) is 7.57. The number of hydrogen-bond acceptors (Lipinski definition) is 3. The van der Waals surface area contributed by atoms with Crippen molar-refractivity contribution in [3.8, 4) is 5.75 Å². The Kier molecular flexibility index (Phi) is 4.95. The molecule has 1 aromatic rings. The highest BCUT2D eigenvalue weighted by Crippen LogP contribution is 2.34. The van der Waals surface area contributed by atoms with Crippen LogP contribution in [0.1, 0.15) is 5.56 Å². The van der Waals surface area contributed by atoms with E-state index in [1.807, 2.05) is 12.1 Å². The Morgan fingerprint density at radius 3 is 2.70 bits per heavy atom. The van der Waals surface area contributed by atoms with Crippen molar-refractivity contribution >= 4 is 61.2 Å². The second kappa shape index (κ2) is 6.51. The minimum atomic E-state index is -0.263. The molecule has 1 aliphatic heterocycles. The molecule has 1 aliphatic rings. The molecule has 4 nitrogen and oxygen atoms in total. The second-order valence-electron chi connectivity index (χ2n) is 3.87. The van der Waals surface area contributed by atoms with E-state index < -0.39 is 0 Å². The summed E-state index contributed by atoms with van der Waals surface area (Å²) in [4.78, 5) is 11.7. The lowest BCUT2D eigenvalue weighted by atomic mass is 10.1. The number of thiocarbonyl (C=S) groups is 1. The van der Waals surface area contributed by atoms with Gasteiger partial charge in [-0.3, -0.25) is 10.1 Å². The van der Waals surface area contributed by atoms with Crippen LogP contribution in [0.15, 0.2) is 39.4 Å². The van der Waals surface area contributed by atoms with Crippen molar-refractivity contribution < 1.29 is 9.53 Å². The predicted molar refractivity (Wildman–Crippen MR) is 89.4 cm³/mol. The van der Waals surface area contributed by atoms with Gasteiger partial charge in [-0.2, -0.15) is 0 Å². The first kappa shape index (κ1) is 15.2. The Labute approximate surface area is 138 Å². The Balaban J connectivity index is 2.44. The van der Waals surface area contributed by atoms with Gasteiger partial charge in [0.2, 0.25) is 0 Å². The first-order valence-electron chi connectivity index (χ1n) is 5.58. The molecule has 1 fully saturated rings. The number of halogens is 2. The Hall–Kier alpha value is -1.18. The highest BCUT2D eigenvalue weighted by molar-refractivity contribution is 9.11. The number of amides is 1. The Morgan fingerprint density at radius 2 is 2.10 bits per heavy atom. The Morgan fingerprint density at radius 1 is 1.35 bits per heavy atom. The van der Waals surface area contributed by atoms with E-state index in [0.29, 0.717) is 23.2 Å². The van der Waals surface area contributed by atoms with Crippen molar-refractivity contribution in [1.29, 1.82) is 0 Å². The van der Waals surface area contributed by atoms with Gasteiger partial charge in [0.05, 0.1) is 4.47 Å². The molecule has 2 N–H and O–H groups in total. The molecular formula is C13H10Br2N2O2S. The van der Waals surface area contributed by atoms with Crippen LogP contribution < -0.4 is 15.4 Å². The molecule has 20 heavy (non-hydrogen) atoms. The fourth-order valence-electron chi connectivity index (χ4n) is 1.62. The zero-order chi connectivity index (χ0) is 14.7. The molecule has 1 heterocycles. The summed E-state index contributed by atoms with van der Waals surface area (Å²) >= 11 is 11.7. The van der Waals surface area contributed by atoms with E-state index in [-0.39, 0.29) is 5.91 Å². The fourth-order valence-corrected chi connectivity index (χ4v) is 3.20. The minimum Gasteiger partial charge on any atom is -0.488 e. The van der Waals surface area contributed by atoms with E-state index in [0.717, 1.165) is 14.5 Å². The van der Waals surface area contributed by atoms with Crippen LogP contribution in [0, 0.1) is 0 Å². The topological polar surface area (TPSA) is 50.4 Å². The number of nitrogens with one attached hydrogen (secondary N) is 2. The van der Waals surface area contributed by atoms with Crippen molar-refractivity contribution in [1.82, 2.24) is 10.6 Å². The zero-order valence-corrected chi connectivity index (χ0v) is 14.2. The number of carbonyl (C=O) groups excluding carboxylic acids is 1. The van der Waals surface area contributed by atoms with Crippen LogP contribution in [0.4, 0.5) is 0 Å². The van der Waals surface area contributed by atoms with Gasteiger partial charge >= 0.3 is 0 Å². The van der Waals surface area contributed by atoms with Gasteiger partial charge in [0.15, 0.2) is 5.11 Å². The van der Waals surface area contributed by atoms with Gasteiger partial charge in [0.25, 0.3) is 5.91 Å². The summed E-state index contributed by atoms with van der Waals surface area (Å²) in [6, 6.07) is 3.72. The van der Waals surface area contributed by atoms with Crippen molar-refractivity contribution in [3.63, 3.8) is 0 Å². The van der Waals surface area contributed by atoms with Crippen LogP contribution in [-0.2, 0) is 4.79 Å². The van der Waals surface area contributed by atoms with Crippen LogP contribution >= 0.6 is 44.1 Å². The SMILES string of the molecule is C=CCOc1c(Br)cc(Br)cc1/C=C1\NC(=S)NC1=O. The highest BCUT2D eigenvalue weighted by atomic mass is 79.9. The van der Waals surface area contributed by atoms with Crippen LogP contribution in [0.25, 0.3) is 6.08 Å². The monoisotopic (exact) mass is 416 g/mol. The standard InChI is InChI=1S/C13H10Br2N2O2S/c1-2-3-19-11-7(4-8(14)6-9(11)15)5-10-12(18)17-13(20)16-10/h2,4-6H,1,3H2,(H2,16,17,18,20)/b10-5-. The van der Waals surface area contributed by atoms with Gasteiger partial charge in [0.1, 0.15) is 18.1 Å². The highest BCUT2D eigenvalue weighted by Gasteiger charge is 2.21. The number of hydrogen-bond donors (Lipinski definition) is 2. The van der Waals surface area contributed by atoms with Gasteiger partial charge in [0, 0.05) is 10.0 Å². The lowest BCUT2D eigenvalue weighted by Crippen LogP contribution is -2.21. The quantitative estimate of drug-likeness (QED) is 0.449. The maximum atomic E-state index is 11.7. The average molecular weight is 418 g/mol. The van der Waals surface area contributed by atoms with Gasteiger partial charge in [-0.1, -0.05) is 28.6 Å². The Bertz CT molecular complexity index is 629. The summed E-state index contributed by atoms with van der Waals surface area (Å²) in [7, 11) is 0.